The molecule has 3 nitrogen and oxygen atoms in total. The largest absolute Gasteiger partial charge is 0.0892 e. The van der Waals surface area contributed by atoms with Gasteiger partial charge in [-0.15, -0.1) is 0 Å². The highest BCUT2D eigenvalue weighted by Crippen LogP contribution is 2.05. The van der Waals surface area contributed by atoms with Crippen molar-refractivity contribution in [3.05, 3.63) is 10.4 Å². The minimum atomic E-state index is 0.127. The number of halogens is 1. The molecule has 0 spiro atoms. The molecule has 0 aliphatic carbocycles. The number of alkyl halides is 1. The van der Waals surface area contributed by atoms with Crippen LogP contribution in [0, 0.1) is 0 Å². The van der Waals surface area contributed by atoms with E-state index in [4.69, 9.17) is 5.53 Å². The summed E-state index contributed by atoms with van der Waals surface area (Å²) in [5.74, 6) is 0. The SMILES string of the molecule is CC[C@H](I)N=[N+]=[N-]. The summed E-state index contributed by atoms with van der Waals surface area (Å²) in [4.78, 5) is 2.62. The maximum absolute atomic E-state index is 7.82. The second-order valence-corrected chi connectivity index (χ2v) is 2.49. The number of nitrogens with zero attached hydrogens (tertiary/aromatic N) is 3. The van der Waals surface area contributed by atoms with Crippen molar-refractivity contribution >= 4 is 22.6 Å². The molecule has 0 saturated heterocycles. The van der Waals surface area contributed by atoms with Gasteiger partial charge in [-0.1, -0.05) is 34.6 Å². The maximum atomic E-state index is 7.82. The Morgan fingerprint density at radius 1 is 2.00 bits per heavy atom. The summed E-state index contributed by atoms with van der Waals surface area (Å²) in [6.07, 6.45) is 0.907. The lowest BCUT2D eigenvalue weighted by Crippen LogP contribution is -1.83. The zero-order valence-electron chi connectivity index (χ0n) is 4.00. The molecule has 0 N–H and O–H groups in total. The molecule has 0 aromatic heterocycles. The topological polar surface area (TPSA) is 48.8 Å². The molecule has 0 aliphatic rings. The molecule has 1 atom stereocenters. The van der Waals surface area contributed by atoms with E-state index in [0.29, 0.717) is 0 Å². The summed E-state index contributed by atoms with van der Waals surface area (Å²) < 4.78 is 0.127. The van der Waals surface area contributed by atoms with Crippen LogP contribution in [0.4, 0.5) is 0 Å². The predicted molar refractivity (Wildman–Crippen MR) is 37.2 cm³/mol. The molecule has 4 heteroatoms. The minimum Gasteiger partial charge on any atom is -0.0801 e. The molecular formula is C3H6IN3. The van der Waals surface area contributed by atoms with Gasteiger partial charge in [0.25, 0.3) is 0 Å². The zero-order valence-corrected chi connectivity index (χ0v) is 6.16. The lowest BCUT2D eigenvalue weighted by molar-refractivity contribution is 0.890. The predicted octanol–water partition coefficient (Wildman–Crippen LogP) is 2.47. The summed E-state index contributed by atoms with van der Waals surface area (Å²) in [6, 6.07) is 0. The van der Waals surface area contributed by atoms with Gasteiger partial charge in [0.2, 0.25) is 0 Å². The molecule has 0 saturated carbocycles. The molecule has 0 rings (SSSR count). The van der Waals surface area contributed by atoms with Gasteiger partial charge >= 0.3 is 0 Å². The van der Waals surface area contributed by atoms with Gasteiger partial charge in [-0.3, -0.25) is 0 Å². The van der Waals surface area contributed by atoms with Gasteiger partial charge in [0, 0.05) is 4.91 Å². The smallest absolute Gasteiger partial charge is 0.0801 e. The van der Waals surface area contributed by atoms with Crippen LogP contribution in [-0.4, -0.2) is 4.05 Å². The van der Waals surface area contributed by atoms with Crippen molar-refractivity contribution in [2.24, 2.45) is 5.11 Å². The van der Waals surface area contributed by atoms with Crippen LogP contribution in [0.2, 0.25) is 0 Å². The summed E-state index contributed by atoms with van der Waals surface area (Å²) >= 11 is 2.09. The lowest BCUT2D eigenvalue weighted by Gasteiger charge is -1.89. The monoisotopic (exact) mass is 211 g/mol. The molecule has 0 amide bonds. The van der Waals surface area contributed by atoms with Gasteiger partial charge < -0.3 is 0 Å². The van der Waals surface area contributed by atoms with Crippen LogP contribution >= 0.6 is 22.6 Å². The number of hydrogen-bond donors (Lipinski definition) is 0. The van der Waals surface area contributed by atoms with Crippen molar-refractivity contribution in [1.29, 1.82) is 0 Å². The van der Waals surface area contributed by atoms with Crippen LogP contribution in [0.1, 0.15) is 13.3 Å². The Hall–Kier alpha value is 0.0400. The Morgan fingerprint density at radius 3 is 2.71 bits per heavy atom. The lowest BCUT2D eigenvalue weighted by atomic mass is 10.5. The standard InChI is InChI=1S/C3H6IN3/c1-2-3(4)6-7-5/h3H,2H2,1H3/t3-/m1/s1. The van der Waals surface area contributed by atoms with E-state index in [2.05, 4.69) is 32.6 Å². The third-order valence-corrected chi connectivity index (χ3v) is 1.64. The van der Waals surface area contributed by atoms with E-state index in [-0.39, 0.29) is 4.05 Å². The fourth-order valence-electron chi connectivity index (χ4n) is 0.138. The summed E-state index contributed by atoms with van der Waals surface area (Å²) in [5, 5.41) is 3.41. The molecule has 0 aromatic rings. The minimum absolute atomic E-state index is 0.127. The van der Waals surface area contributed by atoms with E-state index >= 15 is 0 Å². The molecule has 40 valence electrons. The Morgan fingerprint density at radius 2 is 2.57 bits per heavy atom. The number of hydrogen-bond acceptors (Lipinski definition) is 1. The van der Waals surface area contributed by atoms with Gasteiger partial charge in [-0.25, -0.2) is 0 Å². The average molecular weight is 211 g/mol. The Kier molecular flexibility index (Phi) is 4.23. The summed E-state index contributed by atoms with van der Waals surface area (Å²) in [7, 11) is 0. The van der Waals surface area contributed by atoms with E-state index < -0.39 is 0 Å². The van der Waals surface area contributed by atoms with E-state index in [9.17, 15) is 0 Å². The highest BCUT2D eigenvalue weighted by atomic mass is 127. The summed E-state index contributed by atoms with van der Waals surface area (Å²) in [6.45, 7) is 1.98. The first-order valence-electron chi connectivity index (χ1n) is 1.99. The summed E-state index contributed by atoms with van der Waals surface area (Å²) in [5.41, 5.74) is 7.82. The second kappa shape index (κ2) is 4.21. The molecule has 0 unspecified atom stereocenters. The van der Waals surface area contributed by atoms with Crippen molar-refractivity contribution in [3.8, 4) is 0 Å². The number of azide groups is 1. The molecular weight excluding hydrogens is 205 g/mol. The van der Waals surface area contributed by atoms with Crippen LogP contribution in [0.5, 0.6) is 0 Å². The first-order valence-corrected chi connectivity index (χ1v) is 3.24. The molecule has 0 fully saturated rings. The van der Waals surface area contributed by atoms with Gasteiger partial charge in [0.15, 0.2) is 0 Å². The van der Waals surface area contributed by atoms with Crippen molar-refractivity contribution < 1.29 is 0 Å². The maximum Gasteiger partial charge on any atom is 0.0892 e. The van der Waals surface area contributed by atoms with Crippen molar-refractivity contribution in [3.63, 3.8) is 0 Å². The van der Waals surface area contributed by atoms with Crippen LogP contribution in [0.15, 0.2) is 5.11 Å². The van der Waals surface area contributed by atoms with Crippen molar-refractivity contribution in [1.82, 2.24) is 0 Å². The molecule has 0 aromatic carbocycles. The Balaban J connectivity index is 3.35. The fraction of sp³-hybridized carbons (Fsp3) is 1.00. The quantitative estimate of drug-likeness (QED) is 0.168. The van der Waals surface area contributed by atoms with Crippen molar-refractivity contribution in [2.75, 3.05) is 0 Å². The van der Waals surface area contributed by atoms with Crippen LogP contribution < -0.4 is 0 Å². The van der Waals surface area contributed by atoms with Crippen LogP contribution in [-0.2, 0) is 0 Å². The average Bonchev–Trinajstić information content (AvgIpc) is 1.68. The molecule has 0 bridgehead atoms. The van der Waals surface area contributed by atoms with Crippen LogP contribution in [0.25, 0.3) is 10.4 Å². The van der Waals surface area contributed by atoms with Gasteiger partial charge in [-0.05, 0) is 12.0 Å². The Labute approximate surface area is 55.9 Å². The second-order valence-electron chi connectivity index (χ2n) is 1.05. The van der Waals surface area contributed by atoms with Gasteiger partial charge in [0.05, 0.1) is 4.05 Å². The number of rotatable bonds is 2. The molecule has 0 heterocycles. The zero-order chi connectivity index (χ0) is 5.70. The third-order valence-electron chi connectivity index (χ3n) is 0.514. The normalized spacial score (nSPS) is 12.3. The fourth-order valence-corrected chi connectivity index (χ4v) is 0.249. The van der Waals surface area contributed by atoms with E-state index in [1.165, 1.54) is 0 Å². The highest BCUT2D eigenvalue weighted by molar-refractivity contribution is 14.1. The first-order chi connectivity index (χ1) is 3.31. The van der Waals surface area contributed by atoms with E-state index in [1.807, 2.05) is 6.92 Å². The third kappa shape index (κ3) is 3.88. The van der Waals surface area contributed by atoms with Crippen molar-refractivity contribution in [2.45, 2.75) is 17.4 Å². The molecule has 0 aliphatic heterocycles. The van der Waals surface area contributed by atoms with Gasteiger partial charge in [0.1, 0.15) is 0 Å². The molecule has 0 radical (unpaired) electrons. The molecule has 7 heavy (non-hydrogen) atoms. The highest BCUT2D eigenvalue weighted by Gasteiger charge is 1.90. The van der Waals surface area contributed by atoms with Gasteiger partial charge in [-0.2, -0.15) is 0 Å². The van der Waals surface area contributed by atoms with E-state index in [0.717, 1.165) is 6.42 Å². The van der Waals surface area contributed by atoms with Crippen LogP contribution in [0.3, 0.4) is 0 Å². The first kappa shape index (κ1) is 7.04. The van der Waals surface area contributed by atoms with E-state index in [1.54, 1.807) is 0 Å². The Bertz CT molecular complexity index is 86.2.